The van der Waals surface area contributed by atoms with Gasteiger partial charge in [-0.2, -0.15) is 0 Å². The third kappa shape index (κ3) is 1.82. The third-order valence-electron chi connectivity index (χ3n) is 1.77. The van der Waals surface area contributed by atoms with Crippen LogP contribution < -0.4 is 5.32 Å². The van der Waals surface area contributed by atoms with Crippen molar-refractivity contribution < 1.29 is 0 Å². The summed E-state index contributed by atoms with van der Waals surface area (Å²) < 4.78 is 1.20. The van der Waals surface area contributed by atoms with Crippen LogP contribution in [0, 0.1) is 0 Å². The van der Waals surface area contributed by atoms with Gasteiger partial charge in [0.05, 0.1) is 0 Å². The molecule has 0 unspecified atom stereocenters. The molecule has 2 aromatic rings. The molecule has 68 valence electrons. The molecule has 1 N–H and O–H groups in total. The minimum absolute atomic E-state index is 0.561. The van der Waals surface area contributed by atoms with Gasteiger partial charge in [-0.25, -0.2) is 4.98 Å². The van der Waals surface area contributed by atoms with Crippen LogP contribution in [0.4, 0.5) is 0 Å². The van der Waals surface area contributed by atoms with Gasteiger partial charge >= 0.3 is 0 Å². The molecule has 0 saturated carbocycles. The SMILES string of the molecule is CNCc1cc2cnc(Cl)cc2s1. The Hall–Kier alpha value is -0.640. The minimum Gasteiger partial charge on any atom is -0.315 e. The molecule has 0 atom stereocenters. The van der Waals surface area contributed by atoms with Crippen molar-refractivity contribution in [3.63, 3.8) is 0 Å². The molecule has 13 heavy (non-hydrogen) atoms. The van der Waals surface area contributed by atoms with E-state index in [4.69, 9.17) is 11.6 Å². The minimum atomic E-state index is 0.561. The molecule has 0 spiro atoms. The van der Waals surface area contributed by atoms with Gasteiger partial charge in [0.15, 0.2) is 0 Å². The standard InChI is InChI=1S/C9H9ClN2S/c1-11-5-7-2-6-4-12-9(10)3-8(6)13-7/h2-4,11H,5H2,1H3. The molecule has 2 aromatic heterocycles. The number of nitrogens with zero attached hydrogens (tertiary/aromatic N) is 1. The van der Waals surface area contributed by atoms with Crippen molar-refractivity contribution >= 4 is 33.0 Å². The fraction of sp³-hybridized carbons (Fsp3) is 0.222. The maximum atomic E-state index is 5.78. The summed E-state index contributed by atoms with van der Waals surface area (Å²) in [5.74, 6) is 0. The predicted octanol–water partition coefficient (Wildman–Crippen LogP) is 2.67. The van der Waals surface area contributed by atoms with Crippen molar-refractivity contribution in [2.24, 2.45) is 0 Å². The fourth-order valence-corrected chi connectivity index (χ4v) is 2.53. The van der Waals surface area contributed by atoms with Crippen LogP contribution in [0.15, 0.2) is 18.3 Å². The summed E-state index contributed by atoms with van der Waals surface area (Å²) in [5.41, 5.74) is 0. The lowest BCUT2D eigenvalue weighted by atomic mass is 10.3. The number of hydrogen-bond acceptors (Lipinski definition) is 3. The number of rotatable bonds is 2. The molecule has 0 amide bonds. The third-order valence-corrected chi connectivity index (χ3v) is 3.07. The molecule has 0 aliphatic carbocycles. The average molecular weight is 213 g/mol. The van der Waals surface area contributed by atoms with Crippen LogP contribution in [0.1, 0.15) is 4.88 Å². The van der Waals surface area contributed by atoms with Gasteiger partial charge in [0.1, 0.15) is 5.15 Å². The highest BCUT2D eigenvalue weighted by Crippen LogP contribution is 2.26. The first kappa shape index (κ1) is 8.94. The van der Waals surface area contributed by atoms with E-state index in [0.29, 0.717) is 5.15 Å². The van der Waals surface area contributed by atoms with Crippen molar-refractivity contribution in [3.8, 4) is 0 Å². The molecule has 2 heterocycles. The van der Waals surface area contributed by atoms with Gasteiger partial charge in [-0.1, -0.05) is 11.6 Å². The Balaban J connectivity index is 2.49. The van der Waals surface area contributed by atoms with Crippen LogP contribution in [0.25, 0.3) is 10.1 Å². The van der Waals surface area contributed by atoms with Gasteiger partial charge in [-0.15, -0.1) is 11.3 Å². The Morgan fingerprint density at radius 1 is 1.54 bits per heavy atom. The van der Waals surface area contributed by atoms with E-state index in [9.17, 15) is 0 Å². The lowest BCUT2D eigenvalue weighted by Gasteiger charge is -1.89. The number of nitrogens with one attached hydrogen (secondary N) is 1. The monoisotopic (exact) mass is 212 g/mol. The summed E-state index contributed by atoms with van der Waals surface area (Å²) in [6.45, 7) is 0.900. The zero-order valence-corrected chi connectivity index (χ0v) is 8.75. The maximum absolute atomic E-state index is 5.78. The van der Waals surface area contributed by atoms with Gasteiger partial charge in [-0.05, 0) is 19.2 Å². The molecule has 0 radical (unpaired) electrons. The summed E-state index contributed by atoms with van der Waals surface area (Å²) in [7, 11) is 1.94. The Labute approximate surface area is 85.6 Å². The number of thiophene rings is 1. The van der Waals surface area contributed by atoms with Gasteiger partial charge in [0.25, 0.3) is 0 Å². The molecule has 0 saturated heterocycles. The number of pyridine rings is 1. The van der Waals surface area contributed by atoms with E-state index in [0.717, 1.165) is 6.54 Å². The quantitative estimate of drug-likeness (QED) is 0.775. The van der Waals surface area contributed by atoms with Crippen molar-refractivity contribution in [2.45, 2.75) is 6.54 Å². The zero-order chi connectivity index (χ0) is 9.26. The molecule has 0 aliphatic heterocycles. The Morgan fingerprint density at radius 3 is 3.15 bits per heavy atom. The van der Waals surface area contributed by atoms with E-state index < -0.39 is 0 Å². The summed E-state index contributed by atoms with van der Waals surface area (Å²) in [4.78, 5) is 5.34. The second kappa shape index (κ2) is 3.62. The van der Waals surface area contributed by atoms with Crippen molar-refractivity contribution in [1.82, 2.24) is 10.3 Å². The van der Waals surface area contributed by atoms with E-state index in [1.54, 1.807) is 11.3 Å². The highest BCUT2D eigenvalue weighted by molar-refractivity contribution is 7.19. The average Bonchev–Trinajstić information content (AvgIpc) is 2.46. The predicted molar refractivity (Wildman–Crippen MR) is 57.4 cm³/mol. The Kier molecular flexibility index (Phi) is 2.49. The topological polar surface area (TPSA) is 24.9 Å². The highest BCUT2D eigenvalue weighted by atomic mass is 35.5. The van der Waals surface area contributed by atoms with Crippen LogP contribution in [0.2, 0.25) is 5.15 Å². The van der Waals surface area contributed by atoms with Gasteiger partial charge in [-0.3, -0.25) is 0 Å². The lowest BCUT2D eigenvalue weighted by molar-refractivity contribution is 0.832. The number of fused-ring (bicyclic) bond motifs is 1. The van der Waals surface area contributed by atoms with Crippen LogP contribution in [0.3, 0.4) is 0 Å². The molecule has 2 nitrogen and oxygen atoms in total. The summed E-state index contributed by atoms with van der Waals surface area (Å²) in [5, 5.41) is 4.84. The van der Waals surface area contributed by atoms with E-state index in [2.05, 4.69) is 16.4 Å². The first-order valence-electron chi connectivity index (χ1n) is 3.98. The largest absolute Gasteiger partial charge is 0.315 e. The molecule has 0 aliphatic rings. The fourth-order valence-electron chi connectivity index (χ4n) is 1.23. The van der Waals surface area contributed by atoms with Crippen molar-refractivity contribution in [2.75, 3.05) is 7.05 Å². The van der Waals surface area contributed by atoms with Gasteiger partial charge in [0.2, 0.25) is 0 Å². The van der Waals surface area contributed by atoms with E-state index in [-0.39, 0.29) is 0 Å². The molecular weight excluding hydrogens is 204 g/mol. The molecule has 2 rings (SSSR count). The molecule has 4 heteroatoms. The maximum Gasteiger partial charge on any atom is 0.130 e. The molecule has 0 fully saturated rings. The van der Waals surface area contributed by atoms with Gasteiger partial charge in [0, 0.05) is 27.7 Å². The summed E-state index contributed by atoms with van der Waals surface area (Å²) in [6.07, 6.45) is 1.81. The normalized spacial score (nSPS) is 10.9. The first-order valence-corrected chi connectivity index (χ1v) is 5.17. The van der Waals surface area contributed by atoms with Gasteiger partial charge < -0.3 is 5.32 Å². The van der Waals surface area contributed by atoms with E-state index in [1.165, 1.54) is 15.0 Å². The Morgan fingerprint density at radius 2 is 2.38 bits per heavy atom. The number of halogens is 1. The second-order valence-corrected chi connectivity index (χ2v) is 4.34. The van der Waals surface area contributed by atoms with Crippen molar-refractivity contribution in [1.29, 1.82) is 0 Å². The van der Waals surface area contributed by atoms with Crippen molar-refractivity contribution in [3.05, 3.63) is 28.4 Å². The van der Waals surface area contributed by atoms with Crippen LogP contribution in [-0.2, 0) is 6.54 Å². The van der Waals surface area contributed by atoms with Crippen LogP contribution in [-0.4, -0.2) is 12.0 Å². The summed E-state index contributed by atoms with van der Waals surface area (Å²) in [6, 6.07) is 4.04. The Bertz CT molecular complexity index is 424. The van der Waals surface area contributed by atoms with Crippen LogP contribution in [0.5, 0.6) is 0 Å². The number of hydrogen-bond donors (Lipinski definition) is 1. The smallest absolute Gasteiger partial charge is 0.130 e. The molecule has 0 bridgehead atoms. The number of aromatic nitrogens is 1. The summed E-state index contributed by atoms with van der Waals surface area (Å²) >= 11 is 7.53. The highest BCUT2D eigenvalue weighted by Gasteiger charge is 2.01. The lowest BCUT2D eigenvalue weighted by Crippen LogP contribution is -2.02. The molecule has 0 aromatic carbocycles. The molecular formula is C9H9ClN2S. The van der Waals surface area contributed by atoms with E-state index >= 15 is 0 Å². The van der Waals surface area contributed by atoms with Crippen LogP contribution >= 0.6 is 22.9 Å². The second-order valence-electron chi connectivity index (χ2n) is 2.79. The zero-order valence-electron chi connectivity index (χ0n) is 7.17. The van der Waals surface area contributed by atoms with E-state index in [1.807, 2.05) is 19.3 Å². The first-order chi connectivity index (χ1) is 6.29.